The van der Waals surface area contributed by atoms with Crippen LogP contribution in [0.5, 0.6) is 5.75 Å². The molecule has 3 aromatic rings. The zero-order valence-electron chi connectivity index (χ0n) is 21.2. The summed E-state index contributed by atoms with van der Waals surface area (Å²) in [5.41, 5.74) is 7.09. The van der Waals surface area contributed by atoms with E-state index in [-0.39, 0.29) is 37.4 Å². The molecule has 5 atom stereocenters. The minimum absolute atomic E-state index is 0.125. The van der Waals surface area contributed by atoms with Crippen molar-refractivity contribution in [2.75, 3.05) is 31.3 Å². The number of aromatic nitrogens is 4. The summed E-state index contributed by atoms with van der Waals surface area (Å²) in [4.78, 5) is 25.3. The van der Waals surface area contributed by atoms with Gasteiger partial charge in [-0.05, 0) is 44.2 Å². The van der Waals surface area contributed by atoms with Gasteiger partial charge in [0, 0.05) is 13.0 Å². The van der Waals surface area contributed by atoms with Gasteiger partial charge in [-0.3, -0.25) is 9.36 Å². The quantitative estimate of drug-likeness (QED) is 0.238. The Bertz CT molecular complexity index is 1280. The lowest BCUT2D eigenvalue weighted by atomic mass is 10.1. The standard InChI is InChI=1S/C23H32N7O5PS/c1-5-32-22(31)15(3)29-36(37,35-16-9-7-6-8-10-16)33-12-17-11-14(2)21(34-17)30-13-26-18-19(25-4)27-23(24)28-20(18)30/h6-10,13-15,17,21H,5,11-12H2,1-4H3,(H,29,37)(H3,24,25,27,28)/t14-,15-,17-,21+,36?/m0/s1. The maximum Gasteiger partial charge on any atom is 0.323 e. The van der Waals surface area contributed by atoms with Crippen molar-refractivity contribution < 1.29 is 23.3 Å². The minimum atomic E-state index is -3.15. The number of nitrogens with zero attached hydrogens (tertiary/aromatic N) is 4. The molecule has 200 valence electrons. The Morgan fingerprint density at radius 2 is 2.11 bits per heavy atom. The second-order valence-corrected chi connectivity index (χ2v) is 11.8. The van der Waals surface area contributed by atoms with Gasteiger partial charge in [0.15, 0.2) is 17.0 Å². The van der Waals surface area contributed by atoms with Crippen molar-refractivity contribution in [1.29, 1.82) is 0 Å². The van der Waals surface area contributed by atoms with Gasteiger partial charge in [-0.15, -0.1) is 0 Å². The van der Waals surface area contributed by atoms with E-state index in [9.17, 15) is 4.79 Å². The molecule has 0 saturated carbocycles. The van der Waals surface area contributed by atoms with Crippen LogP contribution in [0.2, 0.25) is 0 Å². The van der Waals surface area contributed by atoms with E-state index < -0.39 is 18.7 Å². The minimum Gasteiger partial charge on any atom is -0.465 e. The number of nitrogen functional groups attached to an aromatic ring is 1. The molecule has 14 heteroatoms. The summed E-state index contributed by atoms with van der Waals surface area (Å²) >= 11 is 5.78. The van der Waals surface area contributed by atoms with Crippen LogP contribution in [-0.2, 0) is 30.6 Å². The molecule has 0 bridgehead atoms. The molecule has 4 rings (SSSR count). The maximum atomic E-state index is 12.2. The molecule has 0 amide bonds. The zero-order chi connectivity index (χ0) is 26.6. The number of ether oxygens (including phenoxy) is 2. The van der Waals surface area contributed by atoms with Crippen LogP contribution in [-0.4, -0.2) is 57.9 Å². The first-order chi connectivity index (χ1) is 17.7. The summed E-state index contributed by atoms with van der Waals surface area (Å²) in [5, 5.41) is 6.04. The van der Waals surface area contributed by atoms with Gasteiger partial charge in [0.05, 0.1) is 25.6 Å². The Morgan fingerprint density at radius 1 is 1.35 bits per heavy atom. The number of carbonyl (C=O) groups excluding carboxylic acids is 1. The van der Waals surface area contributed by atoms with E-state index in [4.69, 9.17) is 36.1 Å². The Labute approximate surface area is 220 Å². The first kappa shape index (κ1) is 27.2. The number of carbonyl (C=O) groups is 1. The summed E-state index contributed by atoms with van der Waals surface area (Å²) in [6.45, 7) is 2.77. The van der Waals surface area contributed by atoms with Crippen LogP contribution in [0, 0.1) is 5.92 Å². The van der Waals surface area contributed by atoms with Crippen molar-refractivity contribution in [2.45, 2.75) is 45.6 Å². The lowest BCUT2D eigenvalue weighted by Gasteiger charge is -2.27. The average Bonchev–Trinajstić information content (AvgIpc) is 3.45. The highest BCUT2D eigenvalue weighted by atomic mass is 32.5. The molecule has 1 aromatic carbocycles. The number of nitrogens with one attached hydrogen (secondary N) is 2. The number of fused-ring (bicyclic) bond motifs is 1. The molecule has 1 aliphatic heterocycles. The Kier molecular flexibility index (Phi) is 8.60. The molecule has 4 N–H and O–H groups in total. The molecule has 0 aliphatic carbocycles. The Hall–Kier alpha value is -2.83. The number of benzene rings is 1. The van der Waals surface area contributed by atoms with Crippen LogP contribution in [0.15, 0.2) is 36.7 Å². The summed E-state index contributed by atoms with van der Waals surface area (Å²) in [6.07, 6.45) is 1.77. The fourth-order valence-corrected chi connectivity index (χ4v) is 6.54. The van der Waals surface area contributed by atoms with Crippen molar-refractivity contribution in [1.82, 2.24) is 24.6 Å². The van der Waals surface area contributed by atoms with E-state index >= 15 is 0 Å². The van der Waals surface area contributed by atoms with Crippen molar-refractivity contribution in [3.8, 4) is 5.75 Å². The zero-order valence-corrected chi connectivity index (χ0v) is 22.9. The maximum absolute atomic E-state index is 12.2. The van der Waals surface area contributed by atoms with Gasteiger partial charge in [0.25, 0.3) is 0 Å². The molecule has 1 fully saturated rings. The highest BCUT2D eigenvalue weighted by Crippen LogP contribution is 2.47. The molecule has 0 radical (unpaired) electrons. The van der Waals surface area contributed by atoms with Gasteiger partial charge in [-0.25, -0.2) is 10.1 Å². The first-order valence-electron chi connectivity index (χ1n) is 12.0. The predicted molar refractivity (Wildman–Crippen MR) is 144 cm³/mol. The topological polar surface area (TPSA) is 148 Å². The molecular weight excluding hydrogens is 517 g/mol. The van der Waals surface area contributed by atoms with E-state index in [0.29, 0.717) is 29.2 Å². The molecule has 1 saturated heterocycles. The van der Waals surface area contributed by atoms with Gasteiger partial charge in [-0.1, -0.05) is 25.1 Å². The largest absolute Gasteiger partial charge is 0.465 e. The molecule has 3 heterocycles. The summed E-state index contributed by atoms with van der Waals surface area (Å²) in [5.74, 6) is 0.920. The second-order valence-electron chi connectivity index (χ2n) is 8.67. The monoisotopic (exact) mass is 549 g/mol. The fraction of sp³-hybridized carbons (Fsp3) is 0.478. The molecule has 2 aromatic heterocycles. The van der Waals surface area contributed by atoms with E-state index in [2.05, 4.69) is 32.3 Å². The van der Waals surface area contributed by atoms with E-state index in [0.717, 1.165) is 0 Å². The Balaban J connectivity index is 1.48. The van der Waals surface area contributed by atoms with Crippen molar-refractivity contribution in [2.24, 2.45) is 5.92 Å². The number of para-hydroxylation sites is 1. The normalized spacial score (nSPS) is 21.9. The number of anilines is 2. The highest BCUT2D eigenvalue weighted by molar-refractivity contribution is 8.09. The van der Waals surface area contributed by atoms with Gasteiger partial charge in [0.2, 0.25) is 5.95 Å². The summed E-state index contributed by atoms with van der Waals surface area (Å²) in [6, 6.07) is 8.39. The van der Waals surface area contributed by atoms with Crippen molar-refractivity contribution in [3.05, 3.63) is 36.7 Å². The molecule has 37 heavy (non-hydrogen) atoms. The van der Waals surface area contributed by atoms with Crippen LogP contribution in [0.4, 0.5) is 11.8 Å². The number of hydrogen-bond acceptors (Lipinski definition) is 11. The number of imidazole rings is 1. The lowest BCUT2D eigenvalue weighted by Crippen LogP contribution is -2.35. The number of esters is 1. The number of nitrogens with two attached hydrogens (primary N) is 1. The third-order valence-electron chi connectivity index (χ3n) is 5.79. The lowest BCUT2D eigenvalue weighted by molar-refractivity contribution is -0.144. The highest BCUT2D eigenvalue weighted by Gasteiger charge is 2.37. The second kappa shape index (κ2) is 11.7. The molecule has 0 spiro atoms. The first-order valence-corrected chi connectivity index (χ1v) is 14.6. The number of rotatable bonds is 11. The Morgan fingerprint density at radius 3 is 2.81 bits per heavy atom. The van der Waals surface area contributed by atoms with Gasteiger partial charge in [-0.2, -0.15) is 9.97 Å². The van der Waals surface area contributed by atoms with Crippen LogP contribution >= 0.6 is 6.64 Å². The van der Waals surface area contributed by atoms with Crippen LogP contribution < -0.4 is 20.7 Å². The van der Waals surface area contributed by atoms with Gasteiger partial charge >= 0.3 is 12.6 Å². The van der Waals surface area contributed by atoms with E-state index in [1.165, 1.54) is 0 Å². The van der Waals surface area contributed by atoms with Crippen molar-refractivity contribution in [3.63, 3.8) is 0 Å². The van der Waals surface area contributed by atoms with Gasteiger partial charge < -0.3 is 29.6 Å². The van der Waals surface area contributed by atoms with Crippen molar-refractivity contribution >= 4 is 47.3 Å². The SMILES string of the molecule is CCOC(=O)[C@H](C)NP(=S)(OC[C@@H]1C[C@H](C)[C@H](n2cnc3c(NC)nc(N)nc32)O1)Oc1ccccc1. The van der Waals surface area contributed by atoms with Crippen LogP contribution in [0.3, 0.4) is 0 Å². The van der Waals surface area contributed by atoms with Crippen LogP contribution in [0.25, 0.3) is 11.2 Å². The summed E-state index contributed by atoms with van der Waals surface area (Å²) < 4.78 is 25.5. The van der Waals surface area contributed by atoms with Gasteiger partial charge in [0.1, 0.15) is 18.0 Å². The number of hydrogen-bond donors (Lipinski definition) is 3. The molecule has 12 nitrogen and oxygen atoms in total. The molecule has 1 unspecified atom stereocenters. The molecule has 1 aliphatic rings. The van der Waals surface area contributed by atoms with E-state index in [1.807, 2.05) is 22.8 Å². The average molecular weight is 550 g/mol. The predicted octanol–water partition coefficient (Wildman–Crippen LogP) is 3.24. The summed E-state index contributed by atoms with van der Waals surface area (Å²) in [7, 11) is 1.75. The fourth-order valence-electron chi connectivity index (χ4n) is 4.11. The smallest absolute Gasteiger partial charge is 0.323 e. The van der Waals surface area contributed by atoms with Crippen LogP contribution in [0.1, 0.15) is 33.4 Å². The third kappa shape index (κ3) is 6.36. The third-order valence-corrected chi connectivity index (χ3v) is 8.29. The van der Waals surface area contributed by atoms with E-state index in [1.54, 1.807) is 39.4 Å². The molecular formula is C23H32N7O5PS.